The Morgan fingerprint density at radius 1 is 1.06 bits per heavy atom. The molecular formula is C11H8N4O. The minimum absolute atomic E-state index is 0.457. The third-order valence-electron chi connectivity index (χ3n) is 2.28. The largest absolute Gasteiger partial charge is 0.394 e. The lowest BCUT2D eigenvalue weighted by Crippen LogP contribution is -1.90. The molecule has 0 aliphatic carbocycles. The van der Waals surface area contributed by atoms with Gasteiger partial charge in [-0.3, -0.25) is 4.98 Å². The van der Waals surface area contributed by atoms with Crippen molar-refractivity contribution in [3.8, 4) is 11.5 Å². The van der Waals surface area contributed by atoms with Crippen LogP contribution in [-0.2, 0) is 0 Å². The van der Waals surface area contributed by atoms with Gasteiger partial charge in [0.1, 0.15) is 11.4 Å². The van der Waals surface area contributed by atoms with Crippen LogP contribution in [0.2, 0.25) is 0 Å². The molecule has 78 valence electrons. The molecule has 3 rings (SSSR count). The highest BCUT2D eigenvalue weighted by molar-refractivity contribution is 5.77. The van der Waals surface area contributed by atoms with Gasteiger partial charge in [-0.1, -0.05) is 17.3 Å². The Kier molecular flexibility index (Phi) is 1.83. The number of nitrogens with zero attached hydrogens (tertiary/aromatic N) is 3. The van der Waals surface area contributed by atoms with E-state index < -0.39 is 0 Å². The van der Waals surface area contributed by atoms with E-state index in [9.17, 15) is 0 Å². The van der Waals surface area contributed by atoms with Gasteiger partial charge in [0.15, 0.2) is 0 Å². The van der Waals surface area contributed by atoms with E-state index in [2.05, 4.69) is 15.1 Å². The fraction of sp³-hybridized carbons (Fsp3) is 0. The molecule has 0 saturated heterocycles. The van der Waals surface area contributed by atoms with Crippen LogP contribution in [0.5, 0.6) is 0 Å². The Hall–Kier alpha value is -2.43. The van der Waals surface area contributed by atoms with Crippen LogP contribution in [0.25, 0.3) is 22.5 Å². The average Bonchev–Trinajstić information content (AvgIpc) is 2.75. The summed E-state index contributed by atoms with van der Waals surface area (Å²) >= 11 is 0. The molecule has 2 N–H and O–H groups in total. The molecule has 5 heteroatoms. The van der Waals surface area contributed by atoms with Crippen LogP contribution in [0, 0.1) is 0 Å². The molecule has 0 saturated carbocycles. The maximum Gasteiger partial charge on any atom is 0.209 e. The lowest BCUT2D eigenvalue weighted by Gasteiger charge is -1.99. The van der Waals surface area contributed by atoms with E-state index in [0.717, 1.165) is 11.0 Å². The molecule has 0 unspecified atom stereocenters. The van der Waals surface area contributed by atoms with Crippen LogP contribution in [0.15, 0.2) is 41.2 Å². The fourth-order valence-electron chi connectivity index (χ4n) is 1.51. The molecule has 0 aliphatic rings. The van der Waals surface area contributed by atoms with Gasteiger partial charge in [-0.15, -0.1) is 0 Å². The standard InChI is InChI=1S/C11H8N4O/c12-7-5-14-16-11(7)10-6-13-8-3-1-2-4-9(8)15-10/h1-6H,12H2. The van der Waals surface area contributed by atoms with Crippen molar-refractivity contribution < 1.29 is 4.52 Å². The molecule has 1 aromatic carbocycles. The molecule has 0 bridgehead atoms. The Bertz CT molecular complexity index is 647. The zero-order valence-electron chi connectivity index (χ0n) is 8.29. The first kappa shape index (κ1) is 8.84. The van der Waals surface area contributed by atoms with E-state index in [0.29, 0.717) is 17.1 Å². The van der Waals surface area contributed by atoms with Gasteiger partial charge < -0.3 is 10.3 Å². The second kappa shape index (κ2) is 3.30. The summed E-state index contributed by atoms with van der Waals surface area (Å²) < 4.78 is 5.02. The minimum atomic E-state index is 0.457. The van der Waals surface area contributed by atoms with E-state index in [1.54, 1.807) is 6.20 Å². The van der Waals surface area contributed by atoms with Gasteiger partial charge in [-0.2, -0.15) is 0 Å². The molecule has 5 nitrogen and oxygen atoms in total. The number of hydrogen-bond donors (Lipinski definition) is 1. The number of para-hydroxylation sites is 2. The van der Waals surface area contributed by atoms with Crippen molar-refractivity contribution in [1.29, 1.82) is 0 Å². The van der Waals surface area contributed by atoms with Crippen LogP contribution in [-0.4, -0.2) is 15.1 Å². The Morgan fingerprint density at radius 3 is 2.62 bits per heavy atom. The van der Waals surface area contributed by atoms with E-state index in [1.807, 2.05) is 24.3 Å². The highest BCUT2D eigenvalue weighted by Crippen LogP contribution is 2.24. The molecule has 0 aliphatic heterocycles. The van der Waals surface area contributed by atoms with Crippen LogP contribution < -0.4 is 5.73 Å². The van der Waals surface area contributed by atoms with Gasteiger partial charge in [0, 0.05) is 0 Å². The van der Waals surface area contributed by atoms with Crippen LogP contribution in [0.4, 0.5) is 5.69 Å². The summed E-state index contributed by atoms with van der Waals surface area (Å²) in [7, 11) is 0. The second-order valence-electron chi connectivity index (χ2n) is 3.35. The Labute approximate surface area is 90.9 Å². The van der Waals surface area contributed by atoms with E-state index in [4.69, 9.17) is 10.3 Å². The monoisotopic (exact) mass is 212 g/mol. The van der Waals surface area contributed by atoms with Gasteiger partial charge in [0.2, 0.25) is 5.76 Å². The van der Waals surface area contributed by atoms with E-state index in [-0.39, 0.29) is 0 Å². The number of aromatic nitrogens is 3. The first-order chi connectivity index (χ1) is 7.84. The van der Waals surface area contributed by atoms with Gasteiger partial charge >= 0.3 is 0 Å². The Balaban J connectivity index is 2.23. The summed E-state index contributed by atoms with van der Waals surface area (Å²) in [6, 6.07) is 7.61. The molecule has 2 heterocycles. The Morgan fingerprint density at radius 2 is 1.88 bits per heavy atom. The number of nitrogens with two attached hydrogens (primary N) is 1. The number of nitrogen functional groups attached to an aromatic ring is 1. The summed E-state index contributed by atoms with van der Waals surface area (Å²) in [5.74, 6) is 0.457. The van der Waals surface area contributed by atoms with Crippen LogP contribution in [0.1, 0.15) is 0 Å². The molecule has 2 aromatic heterocycles. The predicted molar refractivity (Wildman–Crippen MR) is 59.4 cm³/mol. The molecule has 3 aromatic rings. The third-order valence-corrected chi connectivity index (χ3v) is 2.28. The summed E-state index contributed by atoms with van der Waals surface area (Å²) in [4.78, 5) is 8.67. The molecule has 0 radical (unpaired) electrons. The molecule has 0 spiro atoms. The maximum absolute atomic E-state index is 5.69. The zero-order chi connectivity index (χ0) is 11.0. The number of hydrogen-bond acceptors (Lipinski definition) is 5. The lowest BCUT2D eigenvalue weighted by atomic mass is 10.2. The van der Waals surface area contributed by atoms with Gasteiger partial charge in [0.25, 0.3) is 0 Å². The first-order valence-electron chi connectivity index (χ1n) is 4.77. The number of rotatable bonds is 1. The number of anilines is 1. The molecular weight excluding hydrogens is 204 g/mol. The van der Waals surface area contributed by atoms with E-state index >= 15 is 0 Å². The zero-order valence-corrected chi connectivity index (χ0v) is 8.29. The third kappa shape index (κ3) is 1.30. The van der Waals surface area contributed by atoms with Gasteiger partial charge in [-0.25, -0.2) is 4.98 Å². The molecule has 16 heavy (non-hydrogen) atoms. The first-order valence-corrected chi connectivity index (χ1v) is 4.77. The molecule has 0 amide bonds. The van der Waals surface area contributed by atoms with Gasteiger partial charge in [-0.05, 0) is 12.1 Å². The number of fused-ring (bicyclic) bond motifs is 1. The average molecular weight is 212 g/mol. The summed E-state index contributed by atoms with van der Waals surface area (Å²) in [6.07, 6.45) is 3.07. The van der Waals surface area contributed by atoms with Crippen LogP contribution >= 0.6 is 0 Å². The smallest absolute Gasteiger partial charge is 0.209 e. The van der Waals surface area contributed by atoms with Crippen molar-refractivity contribution >= 4 is 16.7 Å². The van der Waals surface area contributed by atoms with Crippen LogP contribution in [0.3, 0.4) is 0 Å². The van der Waals surface area contributed by atoms with Crippen molar-refractivity contribution in [3.63, 3.8) is 0 Å². The summed E-state index contributed by atoms with van der Waals surface area (Å²) in [6.45, 7) is 0. The summed E-state index contributed by atoms with van der Waals surface area (Å²) in [5, 5.41) is 3.61. The van der Waals surface area contributed by atoms with E-state index in [1.165, 1.54) is 6.20 Å². The van der Waals surface area contributed by atoms with Crippen molar-refractivity contribution in [1.82, 2.24) is 15.1 Å². The molecule has 0 fully saturated rings. The normalized spacial score (nSPS) is 10.8. The molecule has 0 atom stereocenters. The minimum Gasteiger partial charge on any atom is -0.394 e. The maximum atomic E-state index is 5.69. The van der Waals surface area contributed by atoms with Crippen molar-refractivity contribution in [3.05, 3.63) is 36.7 Å². The number of benzene rings is 1. The fourth-order valence-corrected chi connectivity index (χ4v) is 1.51. The highest BCUT2D eigenvalue weighted by atomic mass is 16.5. The quantitative estimate of drug-likeness (QED) is 0.666. The highest BCUT2D eigenvalue weighted by Gasteiger charge is 2.10. The topological polar surface area (TPSA) is 77.8 Å². The van der Waals surface area contributed by atoms with Crippen molar-refractivity contribution in [2.75, 3.05) is 5.73 Å². The van der Waals surface area contributed by atoms with Gasteiger partial charge in [0.05, 0.1) is 23.4 Å². The lowest BCUT2D eigenvalue weighted by molar-refractivity contribution is 0.431. The SMILES string of the molecule is Nc1cnoc1-c1cnc2ccccc2n1. The van der Waals surface area contributed by atoms with Crippen molar-refractivity contribution in [2.45, 2.75) is 0 Å². The second-order valence-corrected chi connectivity index (χ2v) is 3.35. The summed E-state index contributed by atoms with van der Waals surface area (Å²) in [5.41, 5.74) is 8.39. The predicted octanol–water partition coefficient (Wildman–Crippen LogP) is 1.87. The van der Waals surface area contributed by atoms with Crippen molar-refractivity contribution in [2.24, 2.45) is 0 Å².